The largest absolute Gasteiger partial charge is 0.394 e. The van der Waals surface area contributed by atoms with Crippen molar-refractivity contribution in [1.82, 2.24) is 4.68 Å². The average Bonchev–Trinajstić information content (AvgIpc) is 2.90. The second-order valence-corrected chi connectivity index (χ2v) is 6.73. The summed E-state index contributed by atoms with van der Waals surface area (Å²) in [6.07, 6.45) is -0.824. The van der Waals surface area contributed by atoms with E-state index in [-0.39, 0.29) is 24.1 Å². The van der Waals surface area contributed by atoms with Crippen LogP contribution >= 0.6 is 11.8 Å². The van der Waals surface area contributed by atoms with Gasteiger partial charge < -0.3 is 10.2 Å². The van der Waals surface area contributed by atoms with Gasteiger partial charge in [-0.25, -0.2) is 0 Å². The second-order valence-electron chi connectivity index (χ2n) is 5.70. The van der Waals surface area contributed by atoms with Crippen LogP contribution in [0.4, 0.5) is 0 Å². The lowest BCUT2D eigenvalue weighted by Gasteiger charge is -2.11. The molecule has 1 aromatic heterocycles. The highest BCUT2D eigenvalue weighted by Gasteiger charge is 2.18. The molecule has 0 saturated carbocycles. The van der Waals surface area contributed by atoms with E-state index in [1.54, 1.807) is 41.9 Å². The maximum absolute atomic E-state index is 12.4. The number of benzene rings is 1. The molecule has 0 radical (unpaired) electrons. The van der Waals surface area contributed by atoms with Crippen LogP contribution in [-0.2, 0) is 0 Å². The van der Waals surface area contributed by atoms with Gasteiger partial charge in [0.1, 0.15) is 0 Å². The van der Waals surface area contributed by atoms with E-state index in [2.05, 4.69) is 5.43 Å². The molecule has 0 unspecified atom stereocenters. The van der Waals surface area contributed by atoms with Gasteiger partial charge in [0.05, 0.1) is 18.5 Å². The number of rotatable bonds is 8. The Labute approximate surface area is 150 Å². The SMILES string of the molecule is Cc1cc(C(=O)CSC[C@@H](O)CO)c(C)n1NC(=O)c1ccccc1. The maximum atomic E-state index is 12.4. The smallest absolute Gasteiger partial charge is 0.270 e. The molecule has 0 aliphatic rings. The molecule has 1 atom stereocenters. The van der Waals surface area contributed by atoms with Crippen LogP contribution in [0.25, 0.3) is 0 Å². The molecule has 0 aliphatic carbocycles. The van der Waals surface area contributed by atoms with Crippen molar-refractivity contribution in [2.75, 3.05) is 23.5 Å². The van der Waals surface area contributed by atoms with Crippen molar-refractivity contribution in [3.05, 3.63) is 58.9 Å². The van der Waals surface area contributed by atoms with Gasteiger partial charge in [0.2, 0.25) is 0 Å². The first-order valence-electron chi connectivity index (χ1n) is 7.89. The molecule has 0 saturated heterocycles. The van der Waals surface area contributed by atoms with Crippen molar-refractivity contribution >= 4 is 23.5 Å². The summed E-state index contributed by atoms with van der Waals surface area (Å²) in [5.74, 6) is 0.171. The molecule has 1 heterocycles. The zero-order chi connectivity index (χ0) is 18.4. The third kappa shape index (κ3) is 4.94. The van der Waals surface area contributed by atoms with Crippen LogP contribution in [-0.4, -0.2) is 50.8 Å². The fourth-order valence-electron chi connectivity index (χ4n) is 2.39. The summed E-state index contributed by atoms with van der Waals surface area (Å²) in [5, 5.41) is 18.1. The summed E-state index contributed by atoms with van der Waals surface area (Å²) >= 11 is 1.27. The minimum Gasteiger partial charge on any atom is -0.394 e. The number of Topliss-reactive ketones (excluding diaryl/α,β-unsaturated/α-hetero) is 1. The Morgan fingerprint density at radius 2 is 1.92 bits per heavy atom. The molecule has 0 spiro atoms. The van der Waals surface area contributed by atoms with E-state index >= 15 is 0 Å². The minimum absolute atomic E-state index is 0.0801. The first-order valence-corrected chi connectivity index (χ1v) is 9.04. The van der Waals surface area contributed by atoms with Crippen LogP contribution in [0.1, 0.15) is 32.1 Å². The van der Waals surface area contributed by atoms with E-state index in [0.29, 0.717) is 22.6 Å². The Morgan fingerprint density at radius 1 is 1.24 bits per heavy atom. The molecule has 0 bridgehead atoms. The maximum Gasteiger partial charge on any atom is 0.270 e. The molecule has 3 N–H and O–H groups in total. The number of amides is 1. The van der Waals surface area contributed by atoms with E-state index in [0.717, 1.165) is 5.69 Å². The Bertz CT molecular complexity index is 743. The van der Waals surface area contributed by atoms with Gasteiger partial charge in [0.15, 0.2) is 5.78 Å². The first-order chi connectivity index (χ1) is 11.9. The van der Waals surface area contributed by atoms with Crippen molar-refractivity contribution in [3.63, 3.8) is 0 Å². The summed E-state index contributed by atoms with van der Waals surface area (Å²) in [6.45, 7) is 3.28. The number of carbonyl (C=O) groups excluding carboxylic acids is 2. The van der Waals surface area contributed by atoms with Gasteiger partial charge in [-0.2, -0.15) is 11.8 Å². The summed E-state index contributed by atoms with van der Waals surface area (Å²) in [6, 6.07) is 10.6. The third-order valence-corrected chi connectivity index (χ3v) is 4.82. The van der Waals surface area contributed by atoms with Crippen LogP contribution in [0, 0.1) is 13.8 Å². The number of thioether (sulfide) groups is 1. The normalized spacial score (nSPS) is 12.0. The quantitative estimate of drug-likeness (QED) is 0.623. The summed E-state index contributed by atoms with van der Waals surface area (Å²) in [4.78, 5) is 24.7. The lowest BCUT2D eigenvalue weighted by molar-refractivity contribution is 0.0998. The van der Waals surface area contributed by atoms with Crippen LogP contribution in [0.5, 0.6) is 0 Å². The lowest BCUT2D eigenvalue weighted by Crippen LogP contribution is -2.25. The number of aliphatic hydroxyl groups excluding tert-OH is 2. The fourth-order valence-corrected chi connectivity index (χ4v) is 3.23. The molecule has 25 heavy (non-hydrogen) atoms. The Hall–Kier alpha value is -2.09. The highest BCUT2D eigenvalue weighted by Crippen LogP contribution is 2.17. The Kier molecular flexibility index (Phi) is 6.81. The monoisotopic (exact) mass is 362 g/mol. The zero-order valence-corrected chi connectivity index (χ0v) is 15.0. The lowest BCUT2D eigenvalue weighted by atomic mass is 10.2. The van der Waals surface area contributed by atoms with Crippen LogP contribution in [0.2, 0.25) is 0 Å². The summed E-state index contributed by atoms with van der Waals surface area (Å²) in [5.41, 5.74) is 5.29. The zero-order valence-electron chi connectivity index (χ0n) is 14.2. The summed E-state index contributed by atoms with van der Waals surface area (Å²) < 4.78 is 1.61. The summed E-state index contributed by atoms with van der Waals surface area (Å²) in [7, 11) is 0. The number of nitrogens with one attached hydrogen (secondary N) is 1. The highest BCUT2D eigenvalue weighted by molar-refractivity contribution is 8.00. The fraction of sp³-hybridized carbons (Fsp3) is 0.333. The minimum atomic E-state index is -0.824. The molecule has 0 aliphatic heterocycles. The number of aliphatic hydroxyl groups is 2. The molecule has 134 valence electrons. The molecule has 1 amide bonds. The molecule has 0 fully saturated rings. The molecule has 2 rings (SSSR count). The number of carbonyl (C=O) groups is 2. The van der Waals surface area contributed by atoms with Crippen molar-refractivity contribution < 1.29 is 19.8 Å². The van der Waals surface area contributed by atoms with Gasteiger partial charge in [-0.3, -0.25) is 19.7 Å². The second kappa shape index (κ2) is 8.84. The van der Waals surface area contributed by atoms with Gasteiger partial charge in [0, 0.05) is 28.3 Å². The van der Waals surface area contributed by atoms with Gasteiger partial charge >= 0.3 is 0 Å². The van der Waals surface area contributed by atoms with E-state index in [1.807, 2.05) is 13.0 Å². The van der Waals surface area contributed by atoms with Gasteiger partial charge in [-0.05, 0) is 32.0 Å². The molecule has 1 aromatic carbocycles. The average molecular weight is 362 g/mol. The van der Waals surface area contributed by atoms with Gasteiger partial charge in [-0.1, -0.05) is 18.2 Å². The molecular weight excluding hydrogens is 340 g/mol. The predicted molar refractivity (Wildman–Crippen MR) is 98.8 cm³/mol. The van der Waals surface area contributed by atoms with Gasteiger partial charge in [0.25, 0.3) is 5.91 Å². The molecular formula is C18H22N2O4S. The molecule has 7 heteroatoms. The first kappa shape index (κ1) is 19.2. The number of hydrogen-bond donors (Lipinski definition) is 3. The van der Waals surface area contributed by atoms with Crippen LogP contribution in [0.3, 0.4) is 0 Å². The van der Waals surface area contributed by atoms with E-state index in [9.17, 15) is 14.7 Å². The van der Waals surface area contributed by atoms with Gasteiger partial charge in [-0.15, -0.1) is 0 Å². The number of nitrogens with zero attached hydrogens (tertiary/aromatic N) is 1. The van der Waals surface area contributed by atoms with E-state index in [4.69, 9.17) is 5.11 Å². The Balaban J connectivity index is 2.07. The number of hydrogen-bond acceptors (Lipinski definition) is 5. The van der Waals surface area contributed by atoms with Crippen LogP contribution < -0.4 is 5.43 Å². The topological polar surface area (TPSA) is 91.6 Å². The predicted octanol–water partition coefficient (Wildman–Crippen LogP) is 1.76. The number of aromatic nitrogens is 1. The van der Waals surface area contributed by atoms with Crippen molar-refractivity contribution in [1.29, 1.82) is 0 Å². The van der Waals surface area contributed by atoms with Crippen LogP contribution in [0.15, 0.2) is 36.4 Å². The van der Waals surface area contributed by atoms with E-state index < -0.39 is 6.10 Å². The third-order valence-electron chi connectivity index (χ3n) is 3.74. The Morgan fingerprint density at radius 3 is 2.56 bits per heavy atom. The standard InChI is InChI=1S/C18H22N2O4S/c1-12-8-16(17(23)11-25-10-15(22)9-21)13(2)20(12)19-18(24)14-6-4-3-5-7-14/h3-8,15,21-22H,9-11H2,1-2H3,(H,19,24)/t15-/m0/s1. The van der Waals surface area contributed by atoms with Crippen molar-refractivity contribution in [2.24, 2.45) is 0 Å². The molecule has 6 nitrogen and oxygen atoms in total. The van der Waals surface area contributed by atoms with Crippen molar-refractivity contribution in [2.45, 2.75) is 20.0 Å². The highest BCUT2D eigenvalue weighted by atomic mass is 32.2. The van der Waals surface area contributed by atoms with E-state index in [1.165, 1.54) is 11.8 Å². The van der Waals surface area contributed by atoms with Crippen molar-refractivity contribution in [3.8, 4) is 0 Å². The molecule has 2 aromatic rings. The number of ketones is 1. The number of aryl methyl sites for hydroxylation is 1.